The summed E-state index contributed by atoms with van der Waals surface area (Å²) in [6, 6.07) is 28.2. The SMILES string of the molecule is N#C/C(=C\c1ccc(OC(=O)c2ccc(Cl)cc2)cc1)C(=O)Nc1ccc2ccccc2c1. The number of hydrogen-bond donors (Lipinski definition) is 1. The maximum absolute atomic E-state index is 12.6. The molecule has 5 nitrogen and oxygen atoms in total. The first kappa shape index (κ1) is 21.8. The summed E-state index contributed by atoms with van der Waals surface area (Å²) >= 11 is 5.83. The van der Waals surface area contributed by atoms with Crippen molar-refractivity contribution in [3.8, 4) is 11.8 Å². The number of carbonyl (C=O) groups excluding carboxylic acids is 2. The number of anilines is 1. The van der Waals surface area contributed by atoms with Crippen LogP contribution in [-0.4, -0.2) is 11.9 Å². The Hall–Kier alpha value is -4.40. The molecule has 4 rings (SSSR count). The molecule has 1 N–H and O–H groups in total. The molecule has 0 saturated heterocycles. The van der Waals surface area contributed by atoms with Crippen molar-refractivity contribution in [1.29, 1.82) is 5.26 Å². The van der Waals surface area contributed by atoms with Crippen LogP contribution in [0.4, 0.5) is 5.69 Å². The number of esters is 1. The number of nitriles is 1. The zero-order chi connectivity index (χ0) is 23.2. The standard InChI is InChI=1S/C27H17ClN2O3/c28-23-10-7-20(8-11-23)27(32)33-25-13-5-18(6-14-25)15-22(17-29)26(31)30-24-12-9-19-3-1-2-4-21(19)16-24/h1-16H,(H,30,31)/b22-15+. The molecule has 4 aromatic rings. The minimum atomic E-state index is -0.512. The third-order valence-corrected chi connectivity index (χ3v) is 5.11. The first-order valence-electron chi connectivity index (χ1n) is 10.0. The van der Waals surface area contributed by atoms with Gasteiger partial charge in [0.1, 0.15) is 17.4 Å². The number of halogens is 1. The lowest BCUT2D eigenvalue weighted by Gasteiger charge is -2.07. The van der Waals surface area contributed by atoms with Gasteiger partial charge in [0.2, 0.25) is 0 Å². The number of amides is 1. The molecule has 0 spiro atoms. The van der Waals surface area contributed by atoms with E-state index in [0.717, 1.165) is 10.8 Å². The molecule has 1 amide bonds. The molecule has 0 aliphatic carbocycles. The van der Waals surface area contributed by atoms with Gasteiger partial charge in [0.05, 0.1) is 5.56 Å². The highest BCUT2D eigenvalue weighted by Crippen LogP contribution is 2.21. The normalized spacial score (nSPS) is 11.0. The lowest BCUT2D eigenvalue weighted by molar-refractivity contribution is -0.112. The third kappa shape index (κ3) is 5.45. The molecule has 0 saturated carbocycles. The molecular formula is C27H17ClN2O3. The highest BCUT2D eigenvalue weighted by molar-refractivity contribution is 6.30. The van der Waals surface area contributed by atoms with Crippen molar-refractivity contribution >= 4 is 46.0 Å². The zero-order valence-corrected chi connectivity index (χ0v) is 18.0. The fourth-order valence-electron chi connectivity index (χ4n) is 3.16. The highest BCUT2D eigenvalue weighted by atomic mass is 35.5. The van der Waals surface area contributed by atoms with Crippen LogP contribution in [-0.2, 0) is 4.79 Å². The maximum atomic E-state index is 12.6. The van der Waals surface area contributed by atoms with E-state index in [9.17, 15) is 14.9 Å². The van der Waals surface area contributed by atoms with E-state index < -0.39 is 11.9 Å². The van der Waals surface area contributed by atoms with Crippen molar-refractivity contribution < 1.29 is 14.3 Å². The number of rotatable bonds is 5. The summed E-state index contributed by atoms with van der Waals surface area (Å²) in [5.74, 6) is -0.681. The summed E-state index contributed by atoms with van der Waals surface area (Å²) in [7, 11) is 0. The predicted molar refractivity (Wildman–Crippen MR) is 129 cm³/mol. The summed E-state index contributed by atoms with van der Waals surface area (Å²) in [6.45, 7) is 0. The van der Waals surface area contributed by atoms with Crippen molar-refractivity contribution in [2.45, 2.75) is 0 Å². The van der Waals surface area contributed by atoms with Gasteiger partial charge in [0, 0.05) is 10.7 Å². The Morgan fingerprint density at radius 2 is 1.58 bits per heavy atom. The lowest BCUT2D eigenvalue weighted by Crippen LogP contribution is -2.13. The summed E-state index contributed by atoms with van der Waals surface area (Å²) in [5, 5.41) is 14.8. The van der Waals surface area contributed by atoms with Gasteiger partial charge >= 0.3 is 5.97 Å². The van der Waals surface area contributed by atoms with E-state index in [1.54, 1.807) is 54.6 Å². The molecule has 4 aromatic carbocycles. The molecule has 0 radical (unpaired) electrons. The van der Waals surface area contributed by atoms with Crippen LogP contribution in [0.3, 0.4) is 0 Å². The molecule has 33 heavy (non-hydrogen) atoms. The Bertz CT molecular complexity index is 1400. The van der Waals surface area contributed by atoms with Crippen LogP contribution in [0.15, 0.2) is 96.6 Å². The Kier molecular flexibility index (Phi) is 6.49. The molecule has 0 bridgehead atoms. The molecule has 0 aromatic heterocycles. The first-order chi connectivity index (χ1) is 16.0. The van der Waals surface area contributed by atoms with Crippen molar-refractivity contribution in [3.63, 3.8) is 0 Å². The number of nitrogens with one attached hydrogen (secondary N) is 1. The van der Waals surface area contributed by atoms with Crippen LogP contribution in [0.25, 0.3) is 16.8 Å². The molecule has 0 unspecified atom stereocenters. The number of benzene rings is 4. The van der Waals surface area contributed by atoms with E-state index in [4.69, 9.17) is 16.3 Å². The zero-order valence-electron chi connectivity index (χ0n) is 17.3. The topological polar surface area (TPSA) is 79.2 Å². The van der Waals surface area contributed by atoms with Gasteiger partial charge in [0.25, 0.3) is 5.91 Å². The minimum absolute atomic E-state index is 0.0472. The van der Waals surface area contributed by atoms with Crippen LogP contribution < -0.4 is 10.1 Å². The fourth-order valence-corrected chi connectivity index (χ4v) is 3.29. The number of fused-ring (bicyclic) bond motifs is 1. The van der Waals surface area contributed by atoms with Gasteiger partial charge in [-0.1, -0.05) is 54.1 Å². The Morgan fingerprint density at radius 1 is 0.879 bits per heavy atom. The van der Waals surface area contributed by atoms with E-state index in [1.807, 2.05) is 42.5 Å². The third-order valence-electron chi connectivity index (χ3n) is 4.85. The summed E-state index contributed by atoms with van der Waals surface area (Å²) in [4.78, 5) is 24.8. The molecule has 0 fully saturated rings. The van der Waals surface area contributed by atoms with Crippen molar-refractivity contribution in [2.75, 3.05) is 5.32 Å². The van der Waals surface area contributed by atoms with Crippen LogP contribution in [0.5, 0.6) is 5.75 Å². The molecule has 0 atom stereocenters. The van der Waals surface area contributed by atoms with Crippen molar-refractivity contribution in [3.05, 3.63) is 113 Å². The van der Waals surface area contributed by atoms with E-state index in [0.29, 0.717) is 27.6 Å². The molecule has 0 aliphatic rings. The average Bonchev–Trinajstić information content (AvgIpc) is 2.83. The smallest absolute Gasteiger partial charge is 0.343 e. The van der Waals surface area contributed by atoms with E-state index >= 15 is 0 Å². The summed E-state index contributed by atoms with van der Waals surface area (Å²) in [6.07, 6.45) is 1.47. The van der Waals surface area contributed by atoms with Crippen LogP contribution in [0.1, 0.15) is 15.9 Å². The van der Waals surface area contributed by atoms with Gasteiger partial charge in [-0.05, 0) is 70.9 Å². The van der Waals surface area contributed by atoms with Crippen molar-refractivity contribution in [2.24, 2.45) is 0 Å². The molecule has 0 heterocycles. The summed E-state index contributed by atoms with van der Waals surface area (Å²) in [5.41, 5.74) is 1.55. The van der Waals surface area contributed by atoms with Gasteiger partial charge in [0.15, 0.2) is 0 Å². The monoisotopic (exact) mass is 452 g/mol. The van der Waals surface area contributed by atoms with E-state index in [-0.39, 0.29) is 5.57 Å². The maximum Gasteiger partial charge on any atom is 0.343 e. The highest BCUT2D eigenvalue weighted by Gasteiger charge is 2.11. The Morgan fingerprint density at radius 3 is 2.27 bits per heavy atom. The number of hydrogen-bond acceptors (Lipinski definition) is 4. The Balaban J connectivity index is 1.44. The van der Waals surface area contributed by atoms with Gasteiger partial charge in [-0.15, -0.1) is 0 Å². The second-order valence-corrected chi connectivity index (χ2v) is 7.59. The van der Waals surface area contributed by atoms with Crippen LogP contribution >= 0.6 is 11.6 Å². The van der Waals surface area contributed by atoms with E-state index in [1.165, 1.54) is 6.08 Å². The second kappa shape index (κ2) is 9.82. The number of nitrogens with zero attached hydrogens (tertiary/aromatic N) is 1. The quantitative estimate of drug-likeness (QED) is 0.168. The summed E-state index contributed by atoms with van der Waals surface area (Å²) < 4.78 is 5.34. The van der Waals surface area contributed by atoms with E-state index in [2.05, 4.69) is 5.32 Å². The second-order valence-electron chi connectivity index (χ2n) is 7.15. The van der Waals surface area contributed by atoms with Gasteiger partial charge in [-0.2, -0.15) is 5.26 Å². The lowest BCUT2D eigenvalue weighted by atomic mass is 10.1. The molecule has 0 aliphatic heterocycles. The minimum Gasteiger partial charge on any atom is -0.423 e. The Labute approximate surface area is 195 Å². The predicted octanol–water partition coefficient (Wildman–Crippen LogP) is 6.26. The fraction of sp³-hybridized carbons (Fsp3) is 0. The average molecular weight is 453 g/mol. The molecule has 6 heteroatoms. The first-order valence-corrected chi connectivity index (χ1v) is 10.4. The van der Waals surface area contributed by atoms with Gasteiger partial charge in [-0.3, -0.25) is 4.79 Å². The number of ether oxygens (including phenoxy) is 1. The molecular weight excluding hydrogens is 436 g/mol. The van der Waals surface area contributed by atoms with Gasteiger partial charge in [-0.25, -0.2) is 4.79 Å². The molecule has 160 valence electrons. The largest absolute Gasteiger partial charge is 0.423 e. The number of carbonyl (C=O) groups is 2. The van der Waals surface area contributed by atoms with Crippen LogP contribution in [0, 0.1) is 11.3 Å². The van der Waals surface area contributed by atoms with Gasteiger partial charge < -0.3 is 10.1 Å². The van der Waals surface area contributed by atoms with Crippen molar-refractivity contribution in [1.82, 2.24) is 0 Å². The van der Waals surface area contributed by atoms with Crippen LogP contribution in [0.2, 0.25) is 5.02 Å².